The third-order valence-corrected chi connectivity index (χ3v) is 10.0. The first-order chi connectivity index (χ1) is 26.5. The van der Waals surface area contributed by atoms with E-state index in [0.29, 0.717) is 23.9 Å². The Labute approximate surface area is 337 Å². The number of phosphoric ester groups is 1. The molecule has 0 amide bonds. The molecule has 10 heteroatoms. The molecule has 0 heterocycles. The maximum absolute atomic E-state index is 12.7. The van der Waals surface area contributed by atoms with Crippen molar-refractivity contribution in [1.82, 2.24) is 0 Å². The summed E-state index contributed by atoms with van der Waals surface area (Å²) in [4.78, 5) is 37.5. The van der Waals surface area contributed by atoms with E-state index in [2.05, 4.69) is 62.5 Å². The van der Waals surface area contributed by atoms with E-state index in [1.165, 1.54) is 64.2 Å². The van der Waals surface area contributed by atoms with Crippen LogP contribution in [0, 0.1) is 0 Å². The molecule has 2 atom stereocenters. The van der Waals surface area contributed by atoms with Gasteiger partial charge in [-0.15, -0.1) is 0 Å². The average molecular weight is 796 g/mol. The molecular weight excluding hydrogens is 713 g/mol. The number of rotatable bonds is 39. The standard InChI is InChI=1S/C45H82NO8P/c1-6-8-10-12-14-16-18-20-22-23-24-26-28-30-32-34-36-38-45(48)54-43(42-53-55(49,50)52-40-39-46(3,4)5)41-51-44(47)37-35-33-31-29-27-25-21-19-17-15-13-11-9-7-2/h14,16,19-22,24,26,43H,6-13,15,17-18,23,25,27-42H2,1-5H3/b16-14+,21-19+,22-20+,26-24+/t43-/m1/s1. The van der Waals surface area contributed by atoms with Crippen LogP contribution in [-0.4, -0.2) is 70.0 Å². The van der Waals surface area contributed by atoms with Crippen molar-refractivity contribution in [3.05, 3.63) is 48.6 Å². The summed E-state index contributed by atoms with van der Waals surface area (Å²) >= 11 is 0. The number of allylic oxidation sites excluding steroid dienone is 8. The molecule has 1 unspecified atom stereocenters. The zero-order valence-electron chi connectivity index (χ0n) is 35.9. The van der Waals surface area contributed by atoms with Crippen LogP contribution in [0.15, 0.2) is 48.6 Å². The molecule has 0 N–H and O–H groups in total. The number of unbranched alkanes of at least 4 members (excludes halogenated alkanes) is 17. The lowest BCUT2D eigenvalue weighted by atomic mass is 10.1. The highest BCUT2D eigenvalue weighted by atomic mass is 31.2. The molecular formula is C45H82NO8P. The molecule has 0 saturated carbocycles. The Bertz CT molecular complexity index is 1080. The van der Waals surface area contributed by atoms with Gasteiger partial charge in [-0.25, -0.2) is 0 Å². The van der Waals surface area contributed by atoms with Crippen molar-refractivity contribution < 1.29 is 42.1 Å². The fourth-order valence-electron chi connectivity index (χ4n) is 5.60. The second kappa shape index (κ2) is 37.5. The SMILES string of the molecule is CCCCC/C=C/C/C=C/C/C=C/CCCCCCC(=O)O[C@H](COC(=O)CCCCCCC/C=C/CCCCCCC)COP(=O)([O-])OCC[N+](C)(C)C. The Balaban J connectivity index is 4.43. The van der Waals surface area contributed by atoms with Crippen LogP contribution in [0.1, 0.15) is 174 Å². The molecule has 0 aromatic heterocycles. The van der Waals surface area contributed by atoms with Crippen LogP contribution in [-0.2, 0) is 32.7 Å². The number of ether oxygens (including phenoxy) is 2. The Kier molecular flexibility index (Phi) is 36.2. The first-order valence-electron chi connectivity index (χ1n) is 21.8. The van der Waals surface area contributed by atoms with Crippen LogP contribution in [0.2, 0.25) is 0 Å². The fourth-order valence-corrected chi connectivity index (χ4v) is 6.32. The van der Waals surface area contributed by atoms with Crippen LogP contribution in [0.5, 0.6) is 0 Å². The van der Waals surface area contributed by atoms with Crippen LogP contribution >= 0.6 is 7.82 Å². The van der Waals surface area contributed by atoms with Gasteiger partial charge in [-0.1, -0.05) is 133 Å². The Morgan fingerprint density at radius 2 is 0.982 bits per heavy atom. The van der Waals surface area contributed by atoms with Gasteiger partial charge in [0.2, 0.25) is 0 Å². The van der Waals surface area contributed by atoms with Crippen molar-refractivity contribution in [1.29, 1.82) is 0 Å². The second-order valence-corrected chi connectivity index (χ2v) is 17.1. The molecule has 0 aliphatic rings. The molecule has 0 saturated heterocycles. The normalized spacial score (nSPS) is 14.1. The Morgan fingerprint density at radius 3 is 1.51 bits per heavy atom. The van der Waals surface area contributed by atoms with Crippen LogP contribution < -0.4 is 4.89 Å². The quantitative estimate of drug-likeness (QED) is 0.0199. The first kappa shape index (κ1) is 53.0. The van der Waals surface area contributed by atoms with Crippen molar-refractivity contribution in [3.63, 3.8) is 0 Å². The number of nitrogens with zero attached hydrogens (tertiary/aromatic N) is 1. The maximum Gasteiger partial charge on any atom is 0.306 e. The van der Waals surface area contributed by atoms with Gasteiger partial charge in [-0.2, -0.15) is 0 Å². The third-order valence-electron chi connectivity index (χ3n) is 9.07. The minimum Gasteiger partial charge on any atom is -0.756 e. The number of quaternary nitrogens is 1. The van der Waals surface area contributed by atoms with Gasteiger partial charge in [0.25, 0.3) is 7.82 Å². The summed E-state index contributed by atoms with van der Waals surface area (Å²) in [5.41, 5.74) is 0. The van der Waals surface area contributed by atoms with E-state index in [-0.39, 0.29) is 26.1 Å². The fraction of sp³-hybridized carbons (Fsp3) is 0.778. The van der Waals surface area contributed by atoms with Gasteiger partial charge >= 0.3 is 11.9 Å². The van der Waals surface area contributed by atoms with Crippen molar-refractivity contribution in [2.75, 3.05) is 47.5 Å². The Hall–Kier alpha value is -2.03. The van der Waals surface area contributed by atoms with E-state index >= 15 is 0 Å². The Morgan fingerprint density at radius 1 is 0.564 bits per heavy atom. The molecule has 0 rings (SSSR count). The average Bonchev–Trinajstić information content (AvgIpc) is 3.13. The molecule has 55 heavy (non-hydrogen) atoms. The zero-order valence-corrected chi connectivity index (χ0v) is 36.8. The van der Waals surface area contributed by atoms with Crippen molar-refractivity contribution in [2.45, 2.75) is 180 Å². The second-order valence-electron chi connectivity index (χ2n) is 15.7. The van der Waals surface area contributed by atoms with Gasteiger partial charge in [0, 0.05) is 12.8 Å². The van der Waals surface area contributed by atoms with E-state index in [1.54, 1.807) is 0 Å². The van der Waals surface area contributed by atoms with E-state index in [0.717, 1.165) is 70.6 Å². The highest BCUT2D eigenvalue weighted by Gasteiger charge is 2.21. The summed E-state index contributed by atoms with van der Waals surface area (Å²) in [5.74, 6) is -0.872. The molecule has 320 valence electrons. The lowest BCUT2D eigenvalue weighted by Gasteiger charge is -2.28. The van der Waals surface area contributed by atoms with Gasteiger partial charge in [-0.3, -0.25) is 14.2 Å². The molecule has 9 nitrogen and oxygen atoms in total. The van der Waals surface area contributed by atoms with Crippen molar-refractivity contribution >= 4 is 19.8 Å². The molecule has 0 aliphatic heterocycles. The third kappa shape index (κ3) is 41.4. The summed E-state index contributed by atoms with van der Waals surface area (Å²) < 4.78 is 33.8. The monoisotopic (exact) mass is 796 g/mol. The largest absolute Gasteiger partial charge is 0.756 e. The van der Waals surface area contributed by atoms with Gasteiger partial charge in [0.05, 0.1) is 27.7 Å². The van der Waals surface area contributed by atoms with E-state index in [1.807, 2.05) is 21.1 Å². The topological polar surface area (TPSA) is 111 Å². The van der Waals surface area contributed by atoms with Crippen molar-refractivity contribution in [3.8, 4) is 0 Å². The molecule has 0 spiro atoms. The van der Waals surface area contributed by atoms with Gasteiger partial charge in [0.15, 0.2) is 6.10 Å². The molecule has 0 aromatic carbocycles. The predicted molar refractivity (Wildman–Crippen MR) is 227 cm³/mol. The summed E-state index contributed by atoms with van der Waals surface area (Å²) in [5, 5.41) is 0. The molecule has 0 fully saturated rings. The van der Waals surface area contributed by atoms with Crippen LogP contribution in [0.4, 0.5) is 0 Å². The number of likely N-dealkylation sites (N-methyl/N-ethyl adjacent to an activating group) is 1. The summed E-state index contributed by atoms with van der Waals surface area (Å²) in [7, 11) is 1.14. The molecule has 0 aromatic rings. The predicted octanol–water partition coefficient (Wildman–Crippen LogP) is 11.7. The number of esters is 2. The number of hydrogen-bond donors (Lipinski definition) is 0. The maximum atomic E-state index is 12.7. The van der Waals surface area contributed by atoms with Crippen LogP contribution in [0.25, 0.3) is 0 Å². The lowest BCUT2D eigenvalue weighted by molar-refractivity contribution is -0.870. The highest BCUT2D eigenvalue weighted by Crippen LogP contribution is 2.38. The van der Waals surface area contributed by atoms with E-state index in [4.69, 9.17) is 18.5 Å². The lowest BCUT2D eigenvalue weighted by Crippen LogP contribution is -2.37. The first-order valence-corrected chi connectivity index (χ1v) is 23.3. The molecule has 0 radical (unpaired) electrons. The zero-order chi connectivity index (χ0) is 40.7. The minimum absolute atomic E-state index is 0.0381. The number of carbonyl (C=O) groups excluding carboxylic acids is 2. The number of phosphoric acid groups is 1. The number of carbonyl (C=O) groups is 2. The molecule has 0 aliphatic carbocycles. The van der Waals surface area contributed by atoms with Crippen molar-refractivity contribution in [2.24, 2.45) is 0 Å². The van der Waals surface area contributed by atoms with E-state index in [9.17, 15) is 19.0 Å². The van der Waals surface area contributed by atoms with E-state index < -0.39 is 32.5 Å². The smallest absolute Gasteiger partial charge is 0.306 e. The van der Waals surface area contributed by atoms with Gasteiger partial charge in [-0.05, 0) is 77.0 Å². The summed E-state index contributed by atoms with van der Waals surface area (Å²) in [6.45, 7) is 4.14. The van der Waals surface area contributed by atoms with Gasteiger partial charge < -0.3 is 27.9 Å². The highest BCUT2D eigenvalue weighted by molar-refractivity contribution is 7.45. The molecule has 0 bridgehead atoms. The summed E-state index contributed by atoms with van der Waals surface area (Å²) in [6.07, 6.45) is 42.7. The summed E-state index contributed by atoms with van der Waals surface area (Å²) in [6, 6.07) is 0. The van der Waals surface area contributed by atoms with Crippen LogP contribution in [0.3, 0.4) is 0 Å². The van der Waals surface area contributed by atoms with Gasteiger partial charge in [0.1, 0.15) is 19.8 Å². The number of hydrogen-bond acceptors (Lipinski definition) is 8. The minimum atomic E-state index is -4.63.